The van der Waals surface area contributed by atoms with Crippen LogP contribution in [0.3, 0.4) is 0 Å². The maximum Gasteiger partial charge on any atom is 0.491 e. The highest BCUT2D eigenvalue weighted by molar-refractivity contribution is 6.31. The van der Waals surface area contributed by atoms with Crippen LogP contribution in [-0.2, 0) is 9.53 Å². The van der Waals surface area contributed by atoms with Crippen molar-refractivity contribution in [1.82, 2.24) is 14.8 Å². The predicted molar refractivity (Wildman–Crippen MR) is 121 cm³/mol. The first-order valence-corrected chi connectivity index (χ1v) is 11.7. The van der Waals surface area contributed by atoms with Crippen LogP contribution in [0.25, 0.3) is 0 Å². The lowest BCUT2D eigenvalue weighted by atomic mass is 9.91. The van der Waals surface area contributed by atoms with Gasteiger partial charge in [0.05, 0.1) is 6.54 Å². The minimum absolute atomic E-state index is 0.0124. The molecule has 2 aliphatic rings. The molecule has 1 saturated heterocycles. The number of aryl methyl sites for hydroxylation is 1. The van der Waals surface area contributed by atoms with Gasteiger partial charge in [-0.05, 0) is 56.0 Å². The van der Waals surface area contributed by atoms with Crippen molar-refractivity contribution >= 4 is 23.5 Å². The minimum Gasteiger partial charge on any atom is -0.439 e. The van der Waals surface area contributed by atoms with E-state index in [-0.39, 0.29) is 30.7 Å². The van der Waals surface area contributed by atoms with Crippen LogP contribution in [0.2, 0.25) is 5.02 Å². The zero-order chi connectivity index (χ0) is 25.2. The summed E-state index contributed by atoms with van der Waals surface area (Å²) in [5.41, 5.74) is 0.768. The van der Waals surface area contributed by atoms with Gasteiger partial charge in [0.25, 0.3) is 5.91 Å². The second-order valence-electron chi connectivity index (χ2n) is 8.66. The summed E-state index contributed by atoms with van der Waals surface area (Å²) in [4.78, 5) is 32.4. The summed E-state index contributed by atoms with van der Waals surface area (Å²) in [6.07, 6.45) is -3.11. The Morgan fingerprint density at radius 3 is 2.54 bits per heavy atom. The molecule has 0 N–H and O–H groups in total. The number of rotatable bonds is 5. The van der Waals surface area contributed by atoms with Crippen LogP contribution in [0.15, 0.2) is 36.4 Å². The Labute approximate surface area is 205 Å². The standard InChI is InChI=1S/C24H25ClF3N3O4/c1-15-13-17(9-10-18(15)25)34-20-8-3-7-19(29-20)22(32)31-12-4-11-30(16-5-2-6-16)14-21(31)35-23(33)24(26,27)28/h3,7-10,13,16,21H,2,4-6,11-12,14H2,1H3. The Kier molecular flexibility index (Phi) is 7.51. The first kappa shape index (κ1) is 25.2. The van der Waals surface area contributed by atoms with Crippen molar-refractivity contribution in [2.45, 2.75) is 51.1 Å². The summed E-state index contributed by atoms with van der Waals surface area (Å²) in [6, 6.07) is 9.83. The highest BCUT2D eigenvalue weighted by Gasteiger charge is 2.45. The number of esters is 1. The Hall–Kier alpha value is -2.85. The Balaban J connectivity index is 1.55. The second kappa shape index (κ2) is 10.4. The molecule has 1 aromatic heterocycles. The van der Waals surface area contributed by atoms with Crippen LogP contribution in [0.4, 0.5) is 13.2 Å². The smallest absolute Gasteiger partial charge is 0.439 e. The molecule has 1 saturated carbocycles. The molecule has 1 atom stereocenters. The van der Waals surface area contributed by atoms with Crippen molar-refractivity contribution in [2.24, 2.45) is 0 Å². The number of hydrogen-bond acceptors (Lipinski definition) is 6. The van der Waals surface area contributed by atoms with Gasteiger partial charge in [-0.2, -0.15) is 13.2 Å². The maximum atomic E-state index is 13.4. The largest absolute Gasteiger partial charge is 0.491 e. The van der Waals surface area contributed by atoms with E-state index in [1.807, 2.05) is 11.8 Å². The zero-order valence-corrected chi connectivity index (χ0v) is 19.8. The molecule has 4 rings (SSSR count). The average Bonchev–Trinajstić information content (AvgIpc) is 2.96. The van der Waals surface area contributed by atoms with E-state index in [2.05, 4.69) is 4.98 Å². The lowest BCUT2D eigenvalue weighted by molar-refractivity contribution is -0.211. The van der Waals surface area contributed by atoms with Gasteiger partial charge in [0.1, 0.15) is 11.4 Å². The molecule has 35 heavy (non-hydrogen) atoms. The summed E-state index contributed by atoms with van der Waals surface area (Å²) >= 11 is 6.04. The molecule has 0 bridgehead atoms. The maximum absolute atomic E-state index is 13.4. The van der Waals surface area contributed by atoms with E-state index in [1.165, 1.54) is 6.07 Å². The Morgan fingerprint density at radius 2 is 1.89 bits per heavy atom. The van der Waals surface area contributed by atoms with Gasteiger partial charge in [-0.15, -0.1) is 0 Å². The van der Waals surface area contributed by atoms with E-state index in [4.69, 9.17) is 21.1 Å². The predicted octanol–water partition coefficient (Wildman–Crippen LogP) is 4.97. The SMILES string of the molecule is Cc1cc(Oc2cccc(C(=O)N3CCCN(C4CCC4)CC3OC(=O)C(F)(F)F)n2)ccc1Cl. The molecule has 11 heteroatoms. The lowest BCUT2D eigenvalue weighted by Crippen LogP contribution is -2.51. The fourth-order valence-electron chi connectivity index (χ4n) is 4.13. The molecule has 1 unspecified atom stereocenters. The van der Waals surface area contributed by atoms with Gasteiger partial charge in [-0.3, -0.25) is 9.69 Å². The number of benzene rings is 1. The van der Waals surface area contributed by atoms with Gasteiger partial charge in [0.15, 0.2) is 6.23 Å². The van der Waals surface area contributed by atoms with Crippen molar-refractivity contribution < 1.29 is 32.2 Å². The summed E-state index contributed by atoms with van der Waals surface area (Å²) in [5, 5.41) is 0.575. The van der Waals surface area contributed by atoms with Gasteiger partial charge in [-0.25, -0.2) is 9.78 Å². The van der Waals surface area contributed by atoms with Gasteiger partial charge >= 0.3 is 12.1 Å². The molecule has 1 aliphatic heterocycles. The molecule has 1 aliphatic carbocycles. The summed E-state index contributed by atoms with van der Waals surface area (Å²) < 4.78 is 49.5. The molecular formula is C24H25ClF3N3O4. The number of halogens is 4. The van der Waals surface area contributed by atoms with Crippen LogP contribution in [0, 0.1) is 6.92 Å². The van der Waals surface area contributed by atoms with Crippen LogP contribution in [0.1, 0.15) is 41.7 Å². The molecule has 1 aromatic carbocycles. The van der Waals surface area contributed by atoms with E-state index < -0.39 is 24.3 Å². The van der Waals surface area contributed by atoms with E-state index in [0.29, 0.717) is 23.7 Å². The minimum atomic E-state index is -5.16. The van der Waals surface area contributed by atoms with Crippen LogP contribution >= 0.6 is 11.6 Å². The number of carbonyl (C=O) groups excluding carboxylic acids is 2. The van der Waals surface area contributed by atoms with Gasteiger partial charge in [0.2, 0.25) is 5.88 Å². The monoisotopic (exact) mass is 511 g/mol. The second-order valence-corrected chi connectivity index (χ2v) is 9.07. The Bertz CT molecular complexity index is 1090. The quantitative estimate of drug-likeness (QED) is 0.528. The molecule has 0 radical (unpaired) electrons. The van der Waals surface area contributed by atoms with Crippen molar-refractivity contribution in [1.29, 1.82) is 0 Å². The molecular weight excluding hydrogens is 487 g/mol. The Morgan fingerprint density at radius 1 is 1.11 bits per heavy atom. The van der Waals surface area contributed by atoms with E-state index in [1.54, 1.807) is 30.3 Å². The summed E-state index contributed by atoms with van der Waals surface area (Å²) in [5.74, 6) is -2.36. The number of aromatic nitrogens is 1. The van der Waals surface area contributed by atoms with Gasteiger partial charge < -0.3 is 14.4 Å². The average molecular weight is 512 g/mol. The molecule has 2 fully saturated rings. The molecule has 188 valence electrons. The molecule has 0 spiro atoms. The fraction of sp³-hybridized carbons (Fsp3) is 0.458. The van der Waals surface area contributed by atoms with Crippen LogP contribution in [0.5, 0.6) is 11.6 Å². The van der Waals surface area contributed by atoms with Gasteiger partial charge in [0, 0.05) is 30.2 Å². The van der Waals surface area contributed by atoms with Crippen LogP contribution in [-0.4, -0.2) is 64.7 Å². The summed E-state index contributed by atoms with van der Waals surface area (Å²) in [7, 11) is 0. The van der Waals surface area contributed by atoms with Crippen molar-refractivity contribution in [3.8, 4) is 11.6 Å². The van der Waals surface area contributed by atoms with E-state index in [9.17, 15) is 22.8 Å². The number of nitrogens with zero attached hydrogens (tertiary/aromatic N) is 3. The highest BCUT2D eigenvalue weighted by Crippen LogP contribution is 2.29. The third-order valence-electron chi connectivity index (χ3n) is 6.20. The number of hydrogen-bond donors (Lipinski definition) is 0. The van der Waals surface area contributed by atoms with Crippen molar-refractivity contribution in [3.63, 3.8) is 0 Å². The third-order valence-corrected chi connectivity index (χ3v) is 6.63. The molecule has 1 amide bonds. The number of carbonyl (C=O) groups is 2. The van der Waals surface area contributed by atoms with E-state index in [0.717, 1.165) is 29.7 Å². The van der Waals surface area contributed by atoms with E-state index >= 15 is 0 Å². The highest BCUT2D eigenvalue weighted by atomic mass is 35.5. The number of amides is 1. The lowest BCUT2D eigenvalue weighted by Gasteiger charge is -2.38. The number of pyridine rings is 1. The topological polar surface area (TPSA) is 72.0 Å². The molecule has 2 aromatic rings. The van der Waals surface area contributed by atoms with Gasteiger partial charge in [-0.1, -0.05) is 24.1 Å². The first-order chi connectivity index (χ1) is 16.6. The van der Waals surface area contributed by atoms with Crippen molar-refractivity contribution in [2.75, 3.05) is 19.6 Å². The number of ether oxygens (including phenoxy) is 2. The first-order valence-electron chi connectivity index (χ1n) is 11.4. The molecule has 7 nitrogen and oxygen atoms in total. The number of alkyl halides is 3. The summed E-state index contributed by atoms with van der Waals surface area (Å²) in [6.45, 7) is 2.55. The third kappa shape index (κ3) is 6.05. The fourth-order valence-corrected chi connectivity index (χ4v) is 4.24. The van der Waals surface area contributed by atoms with Crippen molar-refractivity contribution in [3.05, 3.63) is 52.7 Å². The molecule has 2 heterocycles. The zero-order valence-electron chi connectivity index (χ0n) is 19.1. The van der Waals surface area contributed by atoms with Crippen LogP contribution < -0.4 is 4.74 Å². The normalized spacial score (nSPS) is 19.6.